The van der Waals surface area contributed by atoms with E-state index in [-0.39, 0.29) is 11.8 Å². The van der Waals surface area contributed by atoms with Crippen LogP contribution in [-0.4, -0.2) is 138 Å². The zero-order chi connectivity index (χ0) is 23.9. The number of nitrogens with zero attached hydrogens (tertiary/aromatic N) is 2. The fourth-order valence-corrected chi connectivity index (χ4v) is 3.94. The first-order valence-corrected chi connectivity index (χ1v) is 11.9. The van der Waals surface area contributed by atoms with Crippen molar-refractivity contribution >= 4 is 17.8 Å². The van der Waals surface area contributed by atoms with Crippen molar-refractivity contribution in [1.29, 1.82) is 0 Å². The van der Waals surface area contributed by atoms with Gasteiger partial charge in [-0.25, -0.2) is 4.79 Å². The van der Waals surface area contributed by atoms with E-state index in [1.165, 1.54) is 14.0 Å². The largest absolute Gasteiger partial charge is 0.467 e. The minimum absolute atomic E-state index is 0.289. The summed E-state index contributed by atoms with van der Waals surface area (Å²) in [7, 11) is 1.32. The number of carbonyl (C=O) groups is 3. The SMILES string of the molecule is COC(=O)[C@H](CN1CCNCCNCC1)NC(=O)[C@H](CN1CCNCCNCC1)NC(C)=O. The van der Waals surface area contributed by atoms with Crippen LogP contribution in [0.2, 0.25) is 0 Å². The highest BCUT2D eigenvalue weighted by atomic mass is 16.5. The number of hydrogen-bond donors (Lipinski definition) is 6. The maximum absolute atomic E-state index is 13.2. The lowest BCUT2D eigenvalue weighted by Crippen LogP contribution is -2.58. The van der Waals surface area contributed by atoms with Gasteiger partial charge in [0, 0.05) is 98.6 Å². The number of ether oxygens (including phenoxy) is 1. The van der Waals surface area contributed by atoms with Gasteiger partial charge < -0.3 is 36.6 Å². The monoisotopic (exact) mass is 470 g/mol. The predicted molar refractivity (Wildman–Crippen MR) is 126 cm³/mol. The number of amides is 2. The average molecular weight is 471 g/mol. The van der Waals surface area contributed by atoms with Gasteiger partial charge in [0.2, 0.25) is 11.8 Å². The van der Waals surface area contributed by atoms with Crippen LogP contribution in [0, 0.1) is 0 Å². The second-order valence-electron chi connectivity index (χ2n) is 8.44. The van der Waals surface area contributed by atoms with Crippen molar-refractivity contribution in [2.45, 2.75) is 19.0 Å². The standard InChI is InChI=1S/C21H42N8O4/c1-17(30)26-18(15-28-11-7-22-3-4-23-8-12-28)20(31)27-19(21(32)33-2)16-29-13-9-24-5-6-25-10-14-29/h18-19,22-25H,3-16H2,1-2H3,(H,26,30)(H,27,31)/t18-,19-/m0/s1. The van der Waals surface area contributed by atoms with E-state index in [2.05, 4.69) is 41.7 Å². The lowest BCUT2D eigenvalue weighted by atomic mass is 10.2. The van der Waals surface area contributed by atoms with Crippen molar-refractivity contribution in [2.24, 2.45) is 0 Å². The zero-order valence-corrected chi connectivity index (χ0v) is 20.1. The smallest absolute Gasteiger partial charge is 0.329 e. The van der Waals surface area contributed by atoms with Crippen molar-refractivity contribution in [1.82, 2.24) is 41.7 Å². The summed E-state index contributed by atoms with van der Waals surface area (Å²) in [5.41, 5.74) is 0. The molecule has 0 aromatic heterocycles. The minimum atomic E-state index is -0.821. The van der Waals surface area contributed by atoms with Gasteiger partial charge in [0.25, 0.3) is 0 Å². The quantitative estimate of drug-likeness (QED) is 0.195. The molecule has 2 heterocycles. The summed E-state index contributed by atoms with van der Waals surface area (Å²) in [6, 6.07) is -1.59. The molecule has 2 aliphatic heterocycles. The van der Waals surface area contributed by atoms with Gasteiger partial charge in [-0.05, 0) is 0 Å². The maximum atomic E-state index is 13.2. The fourth-order valence-electron chi connectivity index (χ4n) is 3.94. The molecule has 0 saturated carbocycles. The summed E-state index contributed by atoms with van der Waals surface area (Å²) in [6.07, 6.45) is 0. The van der Waals surface area contributed by atoms with Gasteiger partial charge in [0.05, 0.1) is 7.11 Å². The van der Waals surface area contributed by atoms with Crippen LogP contribution in [0.25, 0.3) is 0 Å². The van der Waals surface area contributed by atoms with E-state index in [1.54, 1.807) is 0 Å². The van der Waals surface area contributed by atoms with Gasteiger partial charge in [-0.1, -0.05) is 0 Å². The molecule has 2 atom stereocenters. The summed E-state index contributed by atoms with van der Waals surface area (Å²) in [4.78, 5) is 41.8. The summed E-state index contributed by atoms with van der Waals surface area (Å²) in [5.74, 6) is -1.17. The normalized spacial score (nSPS) is 21.6. The Balaban J connectivity index is 2.02. The highest BCUT2D eigenvalue weighted by Crippen LogP contribution is 2.00. The summed E-state index contributed by atoms with van der Waals surface area (Å²) >= 11 is 0. The van der Waals surface area contributed by atoms with E-state index in [4.69, 9.17) is 4.74 Å². The molecule has 0 spiro atoms. The molecule has 0 aliphatic carbocycles. The molecule has 190 valence electrons. The second kappa shape index (κ2) is 15.9. The molecule has 0 unspecified atom stereocenters. The van der Waals surface area contributed by atoms with Gasteiger partial charge >= 0.3 is 5.97 Å². The summed E-state index contributed by atoms with van der Waals surface area (Å²) in [5, 5.41) is 19.0. The van der Waals surface area contributed by atoms with E-state index in [0.717, 1.165) is 78.5 Å². The molecule has 0 aromatic carbocycles. The number of esters is 1. The van der Waals surface area contributed by atoms with Crippen LogP contribution < -0.4 is 31.9 Å². The van der Waals surface area contributed by atoms with Crippen LogP contribution in [0.4, 0.5) is 0 Å². The Kier molecular flexibility index (Phi) is 13.2. The fraction of sp³-hybridized carbons (Fsp3) is 0.857. The van der Waals surface area contributed by atoms with Crippen molar-refractivity contribution in [2.75, 3.05) is 98.7 Å². The van der Waals surface area contributed by atoms with Crippen LogP contribution >= 0.6 is 0 Å². The number of rotatable bonds is 8. The van der Waals surface area contributed by atoms with Crippen molar-refractivity contribution < 1.29 is 19.1 Å². The average Bonchev–Trinajstić information content (AvgIpc) is 3.01. The van der Waals surface area contributed by atoms with Crippen molar-refractivity contribution in [3.63, 3.8) is 0 Å². The molecule has 0 bridgehead atoms. The lowest BCUT2D eigenvalue weighted by molar-refractivity contribution is -0.146. The van der Waals surface area contributed by atoms with Crippen molar-refractivity contribution in [3.8, 4) is 0 Å². The lowest BCUT2D eigenvalue weighted by Gasteiger charge is -2.30. The Morgan fingerprint density at radius 2 is 1.15 bits per heavy atom. The first-order valence-electron chi connectivity index (χ1n) is 11.9. The highest BCUT2D eigenvalue weighted by molar-refractivity contribution is 5.90. The second-order valence-corrected chi connectivity index (χ2v) is 8.44. The topological polar surface area (TPSA) is 139 Å². The third-order valence-corrected chi connectivity index (χ3v) is 5.75. The van der Waals surface area contributed by atoms with Crippen LogP contribution in [0.15, 0.2) is 0 Å². The van der Waals surface area contributed by atoms with Gasteiger partial charge in [-0.15, -0.1) is 0 Å². The molecule has 2 rings (SSSR count). The molecule has 2 fully saturated rings. The Labute approximate surface area is 196 Å². The van der Waals surface area contributed by atoms with E-state index < -0.39 is 18.1 Å². The predicted octanol–water partition coefficient (Wildman–Crippen LogP) is -3.86. The molecular formula is C21H42N8O4. The zero-order valence-electron chi connectivity index (χ0n) is 20.1. The first kappa shape index (κ1) is 27.4. The molecule has 12 nitrogen and oxygen atoms in total. The molecule has 6 N–H and O–H groups in total. The van der Waals surface area contributed by atoms with E-state index in [1.807, 2.05) is 0 Å². The molecular weight excluding hydrogens is 428 g/mol. The Morgan fingerprint density at radius 1 is 0.727 bits per heavy atom. The Hall–Kier alpha value is -1.83. The number of methoxy groups -OCH3 is 1. The molecule has 2 aliphatic rings. The number of nitrogens with one attached hydrogen (secondary N) is 6. The third-order valence-electron chi connectivity index (χ3n) is 5.75. The van der Waals surface area contributed by atoms with Gasteiger partial charge in [-0.2, -0.15) is 0 Å². The Bertz CT molecular complexity index is 589. The van der Waals surface area contributed by atoms with Gasteiger partial charge in [0.15, 0.2) is 0 Å². The van der Waals surface area contributed by atoms with Crippen LogP contribution in [0.5, 0.6) is 0 Å². The molecule has 0 radical (unpaired) electrons. The minimum Gasteiger partial charge on any atom is -0.467 e. The van der Waals surface area contributed by atoms with Crippen LogP contribution in [0.3, 0.4) is 0 Å². The van der Waals surface area contributed by atoms with Gasteiger partial charge in [-0.3, -0.25) is 19.4 Å². The number of hydrogen-bond acceptors (Lipinski definition) is 10. The molecule has 2 amide bonds. The van der Waals surface area contributed by atoms with Crippen LogP contribution in [0.1, 0.15) is 6.92 Å². The maximum Gasteiger partial charge on any atom is 0.329 e. The van der Waals surface area contributed by atoms with Crippen molar-refractivity contribution in [3.05, 3.63) is 0 Å². The molecule has 2 saturated heterocycles. The van der Waals surface area contributed by atoms with E-state index in [0.29, 0.717) is 13.1 Å². The summed E-state index contributed by atoms with van der Waals surface area (Å²) < 4.78 is 4.96. The Morgan fingerprint density at radius 3 is 1.55 bits per heavy atom. The summed E-state index contributed by atoms with van der Waals surface area (Å²) in [6.45, 7) is 11.9. The van der Waals surface area contributed by atoms with E-state index in [9.17, 15) is 14.4 Å². The molecule has 12 heteroatoms. The number of carbonyl (C=O) groups excluding carboxylic acids is 3. The third kappa shape index (κ3) is 11.2. The van der Waals surface area contributed by atoms with E-state index >= 15 is 0 Å². The van der Waals surface area contributed by atoms with Crippen LogP contribution in [-0.2, 0) is 19.1 Å². The van der Waals surface area contributed by atoms with Gasteiger partial charge in [0.1, 0.15) is 12.1 Å². The highest BCUT2D eigenvalue weighted by Gasteiger charge is 2.29. The molecule has 33 heavy (non-hydrogen) atoms. The molecule has 0 aromatic rings. The first-order chi connectivity index (χ1) is 16.0.